The summed E-state index contributed by atoms with van der Waals surface area (Å²) >= 11 is 0. The van der Waals surface area contributed by atoms with Gasteiger partial charge in [0.2, 0.25) is 15.9 Å². The number of hydrogen-bond acceptors (Lipinski definition) is 5. The summed E-state index contributed by atoms with van der Waals surface area (Å²) in [6.07, 6.45) is 2.42. The molecule has 2 aromatic rings. The van der Waals surface area contributed by atoms with E-state index in [0.29, 0.717) is 31.1 Å². The van der Waals surface area contributed by atoms with E-state index in [1.807, 2.05) is 42.2 Å². The van der Waals surface area contributed by atoms with Gasteiger partial charge in [-0.1, -0.05) is 23.8 Å². The van der Waals surface area contributed by atoms with Gasteiger partial charge in [-0.15, -0.1) is 0 Å². The quantitative estimate of drug-likeness (QED) is 0.744. The first-order valence-electron chi connectivity index (χ1n) is 10.9. The molecule has 4 rings (SSSR count). The normalized spacial score (nSPS) is 18.3. The molecule has 2 fully saturated rings. The highest BCUT2D eigenvalue weighted by molar-refractivity contribution is 7.89. The fraction of sp³-hybridized carbons (Fsp3) is 0.435. The van der Waals surface area contributed by atoms with Crippen molar-refractivity contribution in [1.29, 1.82) is 0 Å². The van der Waals surface area contributed by atoms with Crippen molar-refractivity contribution in [2.75, 3.05) is 56.0 Å². The van der Waals surface area contributed by atoms with E-state index in [-0.39, 0.29) is 12.5 Å². The first-order valence-corrected chi connectivity index (χ1v) is 12.3. The van der Waals surface area contributed by atoms with E-state index in [2.05, 4.69) is 16.3 Å². The number of sulfonamides is 1. The number of hydrogen-bond donors (Lipinski definition) is 1. The van der Waals surface area contributed by atoms with Gasteiger partial charge in [0.1, 0.15) is 0 Å². The number of nitrogens with zero attached hydrogens (tertiary/aromatic N) is 3. The molecule has 2 heterocycles. The lowest BCUT2D eigenvalue weighted by molar-refractivity contribution is -0.117. The van der Waals surface area contributed by atoms with Crippen molar-refractivity contribution in [3.8, 4) is 0 Å². The number of piperazine rings is 1. The van der Waals surface area contributed by atoms with Crippen LogP contribution in [0.15, 0.2) is 53.4 Å². The topological polar surface area (TPSA) is 73.0 Å². The fourth-order valence-electron chi connectivity index (χ4n) is 4.15. The summed E-state index contributed by atoms with van der Waals surface area (Å²) in [5.74, 6) is -0.0755. The van der Waals surface area contributed by atoms with Gasteiger partial charge in [-0.05, 0) is 50.1 Å². The monoisotopic (exact) mass is 442 g/mol. The highest BCUT2D eigenvalue weighted by Crippen LogP contribution is 2.23. The summed E-state index contributed by atoms with van der Waals surface area (Å²) in [5, 5.41) is 2.99. The van der Waals surface area contributed by atoms with Gasteiger partial charge in [-0.3, -0.25) is 9.69 Å². The molecule has 2 aliphatic rings. The van der Waals surface area contributed by atoms with Crippen LogP contribution in [-0.4, -0.2) is 69.3 Å². The number of rotatable bonds is 6. The third-order valence-electron chi connectivity index (χ3n) is 5.96. The number of amides is 1. The minimum atomic E-state index is -3.49. The van der Waals surface area contributed by atoms with Crippen molar-refractivity contribution in [3.05, 3.63) is 54.1 Å². The second-order valence-electron chi connectivity index (χ2n) is 8.29. The van der Waals surface area contributed by atoms with Gasteiger partial charge in [0.15, 0.2) is 0 Å². The molecule has 1 amide bonds. The molecular weight excluding hydrogens is 412 g/mol. The Balaban J connectivity index is 1.29. The van der Waals surface area contributed by atoms with Gasteiger partial charge in [0.05, 0.1) is 11.4 Å². The van der Waals surface area contributed by atoms with Crippen LogP contribution in [0.2, 0.25) is 0 Å². The molecule has 31 heavy (non-hydrogen) atoms. The predicted octanol–water partition coefficient (Wildman–Crippen LogP) is 2.54. The van der Waals surface area contributed by atoms with Crippen LogP contribution in [0.25, 0.3) is 0 Å². The molecule has 166 valence electrons. The Morgan fingerprint density at radius 1 is 0.935 bits per heavy atom. The molecule has 0 atom stereocenters. The Morgan fingerprint density at radius 3 is 2.29 bits per heavy atom. The van der Waals surface area contributed by atoms with E-state index < -0.39 is 10.0 Å². The zero-order chi connectivity index (χ0) is 21.8. The Labute approximate surface area is 184 Å². The van der Waals surface area contributed by atoms with Gasteiger partial charge >= 0.3 is 0 Å². The van der Waals surface area contributed by atoms with Crippen molar-refractivity contribution in [2.45, 2.75) is 24.7 Å². The van der Waals surface area contributed by atoms with Crippen LogP contribution in [0.5, 0.6) is 0 Å². The number of anilines is 2. The number of carbonyl (C=O) groups excluding carboxylic acids is 1. The Hall–Kier alpha value is -2.42. The van der Waals surface area contributed by atoms with Gasteiger partial charge in [0.25, 0.3) is 0 Å². The Morgan fingerprint density at radius 2 is 1.61 bits per heavy atom. The molecule has 2 saturated heterocycles. The lowest BCUT2D eigenvalue weighted by Gasteiger charge is -2.33. The minimum absolute atomic E-state index is 0.0755. The summed E-state index contributed by atoms with van der Waals surface area (Å²) in [5.41, 5.74) is 2.97. The van der Waals surface area contributed by atoms with E-state index >= 15 is 0 Å². The standard InChI is InChI=1S/C23H30N4O3S/c1-19-7-9-22(10-8-19)31(29,30)27-15-13-25(14-16-27)18-23(28)24-20-5-4-6-21(17-20)26-11-2-3-12-26/h4-10,17H,2-3,11-16,18H2,1H3,(H,24,28). The van der Waals surface area contributed by atoms with Crippen LogP contribution in [-0.2, 0) is 14.8 Å². The van der Waals surface area contributed by atoms with Crippen LogP contribution in [0.3, 0.4) is 0 Å². The number of aryl methyl sites for hydroxylation is 1. The van der Waals surface area contributed by atoms with E-state index in [9.17, 15) is 13.2 Å². The first-order chi connectivity index (χ1) is 14.9. The van der Waals surface area contributed by atoms with Crippen molar-refractivity contribution in [1.82, 2.24) is 9.21 Å². The molecule has 8 heteroatoms. The molecule has 0 spiro atoms. The Kier molecular flexibility index (Phi) is 6.60. The lowest BCUT2D eigenvalue weighted by atomic mass is 10.2. The molecule has 0 aromatic heterocycles. The third-order valence-corrected chi connectivity index (χ3v) is 7.87. The summed E-state index contributed by atoms with van der Waals surface area (Å²) in [6.45, 7) is 6.15. The average molecular weight is 443 g/mol. The van der Waals surface area contributed by atoms with Crippen LogP contribution in [0.4, 0.5) is 11.4 Å². The van der Waals surface area contributed by atoms with E-state index in [4.69, 9.17) is 0 Å². The molecule has 7 nitrogen and oxygen atoms in total. The lowest BCUT2D eigenvalue weighted by Crippen LogP contribution is -2.50. The summed E-state index contributed by atoms with van der Waals surface area (Å²) < 4.78 is 27.2. The van der Waals surface area contributed by atoms with Crippen molar-refractivity contribution in [2.24, 2.45) is 0 Å². The largest absolute Gasteiger partial charge is 0.371 e. The summed E-state index contributed by atoms with van der Waals surface area (Å²) in [6, 6.07) is 14.9. The first kappa shape index (κ1) is 21.8. The predicted molar refractivity (Wildman–Crippen MR) is 123 cm³/mol. The summed E-state index contributed by atoms with van der Waals surface area (Å²) in [4.78, 5) is 17.2. The molecule has 2 aromatic carbocycles. The molecule has 0 unspecified atom stereocenters. The van der Waals surface area contributed by atoms with Crippen LogP contribution in [0, 0.1) is 6.92 Å². The fourth-order valence-corrected chi connectivity index (χ4v) is 5.57. The average Bonchev–Trinajstić information content (AvgIpc) is 3.30. The zero-order valence-corrected chi connectivity index (χ0v) is 18.8. The zero-order valence-electron chi connectivity index (χ0n) is 18.0. The SMILES string of the molecule is Cc1ccc(S(=O)(=O)N2CCN(CC(=O)Nc3cccc(N4CCCC4)c3)CC2)cc1. The second kappa shape index (κ2) is 9.38. The maximum atomic E-state index is 12.8. The smallest absolute Gasteiger partial charge is 0.243 e. The van der Waals surface area contributed by atoms with Gasteiger partial charge in [0, 0.05) is 50.6 Å². The number of nitrogens with one attached hydrogen (secondary N) is 1. The van der Waals surface area contributed by atoms with Crippen LogP contribution >= 0.6 is 0 Å². The highest BCUT2D eigenvalue weighted by atomic mass is 32.2. The molecule has 0 radical (unpaired) electrons. The number of benzene rings is 2. The maximum absolute atomic E-state index is 12.8. The van der Waals surface area contributed by atoms with Crippen LogP contribution < -0.4 is 10.2 Å². The maximum Gasteiger partial charge on any atom is 0.243 e. The van der Waals surface area contributed by atoms with E-state index in [0.717, 1.165) is 30.0 Å². The summed E-state index contributed by atoms with van der Waals surface area (Å²) in [7, 11) is -3.49. The molecule has 0 bridgehead atoms. The van der Waals surface area contributed by atoms with Crippen LogP contribution in [0.1, 0.15) is 18.4 Å². The van der Waals surface area contributed by atoms with Crippen molar-refractivity contribution in [3.63, 3.8) is 0 Å². The third kappa shape index (κ3) is 5.26. The highest BCUT2D eigenvalue weighted by Gasteiger charge is 2.29. The molecule has 0 saturated carbocycles. The molecular formula is C23H30N4O3S. The number of carbonyl (C=O) groups is 1. The van der Waals surface area contributed by atoms with E-state index in [1.165, 1.54) is 17.1 Å². The van der Waals surface area contributed by atoms with Gasteiger partial charge < -0.3 is 10.2 Å². The van der Waals surface area contributed by atoms with Crippen molar-refractivity contribution >= 4 is 27.3 Å². The Bertz CT molecular complexity index is 1010. The minimum Gasteiger partial charge on any atom is -0.371 e. The molecule has 0 aliphatic carbocycles. The van der Waals surface area contributed by atoms with Crippen molar-refractivity contribution < 1.29 is 13.2 Å². The van der Waals surface area contributed by atoms with E-state index in [1.54, 1.807) is 12.1 Å². The van der Waals surface area contributed by atoms with Gasteiger partial charge in [-0.25, -0.2) is 8.42 Å². The molecule has 1 N–H and O–H groups in total. The second-order valence-corrected chi connectivity index (χ2v) is 10.2. The van der Waals surface area contributed by atoms with Gasteiger partial charge in [-0.2, -0.15) is 4.31 Å². The molecule has 2 aliphatic heterocycles.